The van der Waals surface area contributed by atoms with Crippen LogP contribution >= 0.6 is 0 Å². The summed E-state index contributed by atoms with van der Waals surface area (Å²) < 4.78 is 4.96. The summed E-state index contributed by atoms with van der Waals surface area (Å²) in [5.74, 6) is 0.243. The first-order chi connectivity index (χ1) is 11.6. The van der Waals surface area contributed by atoms with Crippen LogP contribution in [0.5, 0.6) is 0 Å². The maximum absolute atomic E-state index is 12.4. The minimum atomic E-state index is -0.181. The van der Waals surface area contributed by atoms with E-state index in [1.54, 1.807) is 17.9 Å². The largest absolute Gasteiger partial charge is 0.361 e. The summed E-state index contributed by atoms with van der Waals surface area (Å²) in [6, 6.07) is 11.4. The molecule has 0 unspecified atom stereocenters. The predicted molar refractivity (Wildman–Crippen MR) is 88.2 cm³/mol. The highest BCUT2D eigenvalue weighted by atomic mass is 16.5. The predicted octanol–water partition coefficient (Wildman–Crippen LogP) is 2.15. The zero-order chi connectivity index (χ0) is 16.9. The molecule has 1 atom stereocenters. The number of aryl methyl sites for hydroxylation is 1. The van der Waals surface area contributed by atoms with Crippen LogP contribution in [-0.4, -0.2) is 35.0 Å². The van der Waals surface area contributed by atoms with Crippen LogP contribution in [0.25, 0.3) is 0 Å². The van der Waals surface area contributed by atoms with Crippen molar-refractivity contribution in [1.82, 2.24) is 15.4 Å². The van der Waals surface area contributed by atoms with Gasteiger partial charge >= 0.3 is 0 Å². The van der Waals surface area contributed by atoms with Crippen molar-refractivity contribution >= 4 is 11.8 Å². The molecule has 0 radical (unpaired) electrons. The summed E-state index contributed by atoms with van der Waals surface area (Å²) >= 11 is 0. The lowest BCUT2D eigenvalue weighted by Crippen LogP contribution is -2.45. The molecule has 0 saturated carbocycles. The van der Waals surface area contributed by atoms with Gasteiger partial charge in [-0.1, -0.05) is 35.5 Å². The molecule has 1 saturated heterocycles. The number of hydrogen-bond donors (Lipinski definition) is 1. The molecule has 1 aromatic heterocycles. The minimum Gasteiger partial charge on any atom is -0.361 e. The fourth-order valence-electron chi connectivity index (χ4n) is 2.93. The number of nitrogens with one attached hydrogen (secondary N) is 1. The third kappa shape index (κ3) is 3.82. The lowest BCUT2D eigenvalue weighted by atomic mass is 9.96. The molecule has 24 heavy (non-hydrogen) atoms. The molecule has 0 spiro atoms. The molecule has 2 heterocycles. The number of hydrogen-bond acceptors (Lipinski definition) is 4. The quantitative estimate of drug-likeness (QED) is 0.933. The highest BCUT2D eigenvalue weighted by Crippen LogP contribution is 2.19. The Balaban J connectivity index is 1.56. The molecule has 6 heteroatoms. The number of aromatic nitrogens is 1. The Labute approximate surface area is 140 Å². The van der Waals surface area contributed by atoms with E-state index in [4.69, 9.17) is 4.52 Å². The maximum Gasteiger partial charge on any atom is 0.276 e. The molecule has 1 aliphatic rings. The zero-order valence-electron chi connectivity index (χ0n) is 13.7. The molecule has 6 nitrogen and oxygen atoms in total. The Bertz CT molecular complexity index is 711. The molecular formula is C18H21N3O3. The number of benzene rings is 1. The van der Waals surface area contributed by atoms with Crippen molar-refractivity contribution in [2.45, 2.75) is 26.3 Å². The Morgan fingerprint density at radius 1 is 1.33 bits per heavy atom. The third-order valence-electron chi connectivity index (χ3n) is 4.24. The fraction of sp³-hybridized carbons (Fsp3) is 0.389. The average molecular weight is 327 g/mol. The first-order valence-corrected chi connectivity index (χ1v) is 8.17. The topological polar surface area (TPSA) is 75.4 Å². The zero-order valence-corrected chi connectivity index (χ0v) is 13.7. The van der Waals surface area contributed by atoms with Crippen LogP contribution in [0.4, 0.5) is 0 Å². The highest BCUT2D eigenvalue weighted by molar-refractivity contribution is 5.92. The van der Waals surface area contributed by atoms with Crippen LogP contribution in [0.1, 0.15) is 34.7 Å². The number of carbonyl (C=O) groups is 2. The van der Waals surface area contributed by atoms with Crippen LogP contribution in [0.3, 0.4) is 0 Å². The van der Waals surface area contributed by atoms with Crippen molar-refractivity contribution in [3.8, 4) is 0 Å². The molecule has 1 N–H and O–H groups in total. The van der Waals surface area contributed by atoms with Gasteiger partial charge in [-0.3, -0.25) is 9.59 Å². The molecule has 3 rings (SSSR count). The van der Waals surface area contributed by atoms with Gasteiger partial charge in [0.2, 0.25) is 5.91 Å². The molecular weight excluding hydrogens is 306 g/mol. The number of rotatable bonds is 4. The van der Waals surface area contributed by atoms with Crippen LogP contribution in [-0.2, 0) is 11.3 Å². The molecule has 1 aliphatic heterocycles. The molecule has 1 fully saturated rings. The summed E-state index contributed by atoms with van der Waals surface area (Å²) in [6.45, 7) is 3.32. The first-order valence-electron chi connectivity index (χ1n) is 8.17. The maximum atomic E-state index is 12.4. The Hall–Kier alpha value is -2.63. The van der Waals surface area contributed by atoms with Gasteiger partial charge in [0, 0.05) is 25.7 Å². The number of carbonyl (C=O) groups excluding carboxylic acids is 2. The average Bonchev–Trinajstić information content (AvgIpc) is 3.06. The van der Waals surface area contributed by atoms with Gasteiger partial charge in [0.15, 0.2) is 5.69 Å². The summed E-state index contributed by atoms with van der Waals surface area (Å²) in [7, 11) is 0. The monoisotopic (exact) mass is 327 g/mol. The molecule has 0 bridgehead atoms. The van der Waals surface area contributed by atoms with Crippen molar-refractivity contribution in [3.63, 3.8) is 0 Å². The molecule has 1 aromatic carbocycles. The second-order valence-corrected chi connectivity index (χ2v) is 6.12. The van der Waals surface area contributed by atoms with Crippen LogP contribution in [0, 0.1) is 12.8 Å². The summed E-state index contributed by atoms with van der Waals surface area (Å²) in [5.41, 5.74) is 1.37. The summed E-state index contributed by atoms with van der Waals surface area (Å²) in [6.07, 6.45) is 1.61. The van der Waals surface area contributed by atoms with Crippen LogP contribution in [0.15, 0.2) is 40.9 Å². The van der Waals surface area contributed by atoms with E-state index in [0.29, 0.717) is 31.1 Å². The van der Waals surface area contributed by atoms with Crippen molar-refractivity contribution in [3.05, 3.63) is 53.4 Å². The SMILES string of the molecule is Cc1cc(C(=O)N2CCC[C@@H](C(=O)NCc3ccccc3)C2)no1. The van der Waals surface area contributed by atoms with Crippen LogP contribution < -0.4 is 5.32 Å². The number of likely N-dealkylation sites (tertiary alicyclic amines) is 1. The Kier molecular flexibility index (Phi) is 4.93. The van der Waals surface area contributed by atoms with E-state index >= 15 is 0 Å². The summed E-state index contributed by atoms with van der Waals surface area (Å²) in [4.78, 5) is 26.5. The van der Waals surface area contributed by atoms with E-state index < -0.39 is 0 Å². The van der Waals surface area contributed by atoms with E-state index in [9.17, 15) is 9.59 Å². The minimum absolute atomic E-state index is 0.00677. The van der Waals surface area contributed by atoms with Gasteiger partial charge < -0.3 is 14.7 Å². The highest BCUT2D eigenvalue weighted by Gasteiger charge is 2.29. The number of amides is 2. The van der Waals surface area contributed by atoms with Gasteiger partial charge in [-0.25, -0.2) is 0 Å². The molecule has 2 aromatic rings. The normalized spacial score (nSPS) is 17.5. The van der Waals surface area contributed by atoms with Gasteiger partial charge in [0.1, 0.15) is 5.76 Å². The van der Waals surface area contributed by atoms with E-state index in [-0.39, 0.29) is 17.7 Å². The van der Waals surface area contributed by atoms with Gasteiger partial charge in [0.25, 0.3) is 5.91 Å². The second kappa shape index (κ2) is 7.29. The lowest BCUT2D eigenvalue weighted by molar-refractivity contribution is -0.126. The van der Waals surface area contributed by atoms with E-state index in [1.807, 2.05) is 30.3 Å². The fourth-order valence-corrected chi connectivity index (χ4v) is 2.93. The van der Waals surface area contributed by atoms with Crippen molar-refractivity contribution in [1.29, 1.82) is 0 Å². The van der Waals surface area contributed by atoms with Gasteiger partial charge in [-0.15, -0.1) is 0 Å². The second-order valence-electron chi connectivity index (χ2n) is 6.12. The smallest absolute Gasteiger partial charge is 0.276 e. The van der Waals surface area contributed by atoms with Gasteiger partial charge in [-0.2, -0.15) is 0 Å². The third-order valence-corrected chi connectivity index (χ3v) is 4.24. The van der Waals surface area contributed by atoms with E-state index in [1.165, 1.54) is 0 Å². The molecule has 0 aliphatic carbocycles. The van der Waals surface area contributed by atoms with Crippen LogP contribution in [0.2, 0.25) is 0 Å². The van der Waals surface area contributed by atoms with E-state index in [2.05, 4.69) is 10.5 Å². The summed E-state index contributed by atoms with van der Waals surface area (Å²) in [5, 5.41) is 6.73. The van der Waals surface area contributed by atoms with Gasteiger partial charge in [0.05, 0.1) is 5.92 Å². The Morgan fingerprint density at radius 2 is 2.12 bits per heavy atom. The van der Waals surface area contributed by atoms with Crippen molar-refractivity contribution in [2.24, 2.45) is 5.92 Å². The van der Waals surface area contributed by atoms with Gasteiger partial charge in [-0.05, 0) is 25.3 Å². The lowest BCUT2D eigenvalue weighted by Gasteiger charge is -2.31. The molecule has 2 amide bonds. The first kappa shape index (κ1) is 16.2. The Morgan fingerprint density at radius 3 is 2.83 bits per heavy atom. The number of nitrogens with zero attached hydrogens (tertiary/aromatic N) is 2. The van der Waals surface area contributed by atoms with Crippen molar-refractivity contribution in [2.75, 3.05) is 13.1 Å². The standard InChI is InChI=1S/C18H21N3O3/c1-13-10-16(20-24-13)18(23)21-9-5-8-15(12-21)17(22)19-11-14-6-3-2-4-7-14/h2-4,6-7,10,15H,5,8-9,11-12H2,1H3,(H,19,22)/t15-/m1/s1. The molecule has 126 valence electrons. The van der Waals surface area contributed by atoms with E-state index in [0.717, 1.165) is 18.4 Å². The van der Waals surface area contributed by atoms with Crippen molar-refractivity contribution < 1.29 is 14.1 Å². The number of piperidine rings is 1.